The van der Waals surface area contributed by atoms with E-state index in [2.05, 4.69) is 9.73 Å². The van der Waals surface area contributed by atoms with Gasteiger partial charge in [-0.3, -0.25) is 0 Å². The highest BCUT2D eigenvalue weighted by atomic mass is 19.4. The van der Waals surface area contributed by atoms with Crippen LogP contribution in [0.15, 0.2) is 4.99 Å². The predicted molar refractivity (Wildman–Crippen MR) is 35.7 cm³/mol. The highest BCUT2D eigenvalue weighted by Crippen LogP contribution is 2.14. The van der Waals surface area contributed by atoms with Gasteiger partial charge in [0.05, 0.1) is 6.61 Å². The molecule has 0 aliphatic heterocycles. The van der Waals surface area contributed by atoms with Crippen molar-refractivity contribution in [3.05, 3.63) is 0 Å². The Labute approximate surface area is 63.1 Å². The predicted octanol–water partition coefficient (Wildman–Crippen LogP) is 2.00. The molecule has 0 fully saturated rings. The Kier molecular flexibility index (Phi) is 3.92. The summed E-state index contributed by atoms with van der Waals surface area (Å²) in [5.41, 5.74) is 0. The van der Waals surface area contributed by atoms with E-state index in [-0.39, 0.29) is 5.90 Å². The third-order valence-corrected chi connectivity index (χ3v) is 0.834. The van der Waals surface area contributed by atoms with Gasteiger partial charge in [-0.15, -0.1) is 0 Å². The van der Waals surface area contributed by atoms with Gasteiger partial charge < -0.3 is 4.74 Å². The van der Waals surface area contributed by atoms with Crippen LogP contribution >= 0.6 is 0 Å². The minimum absolute atomic E-state index is 0.0739. The van der Waals surface area contributed by atoms with Gasteiger partial charge in [0.2, 0.25) is 0 Å². The molecule has 0 spiro atoms. The van der Waals surface area contributed by atoms with Crippen LogP contribution in [-0.4, -0.2) is 25.2 Å². The van der Waals surface area contributed by atoms with E-state index in [1.165, 1.54) is 6.92 Å². The van der Waals surface area contributed by atoms with Gasteiger partial charge in [-0.2, -0.15) is 13.2 Å². The van der Waals surface area contributed by atoms with Gasteiger partial charge in [0, 0.05) is 6.92 Å². The second-order valence-electron chi connectivity index (χ2n) is 1.88. The maximum Gasteiger partial charge on any atom is 0.408 e. The lowest BCUT2D eigenvalue weighted by Gasteiger charge is -2.03. The maximum absolute atomic E-state index is 11.5. The van der Waals surface area contributed by atoms with Crippen LogP contribution in [0.1, 0.15) is 13.8 Å². The summed E-state index contributed by atoms with van der Waals surface area (Å²) in [6.07, 6.45) is -4.24. The van der Waals surface area contributed by atoms with E-state index in [0.717, 1.165) is 0 Å². The molecule has 11 heavy (non-hydrogen) atoms. The van der Waals surface area contributed by atoms with Gasteiger partial charge in [0.1, 0.15) is 6.54 Å². The zero-order valence-electron chi connectivity index (χ0n) is 6.40. The van der Waals surface area contributed by atoms with E-state index in [1.54, 1.807) is 6.92 Å². The van der Waals surface area contributed by atoms with Crippen molar-refractivity contribution in [3.63, 3.8) is 0 Å². The lowest BCUT2D eigenvalue weighted by atomic mass is 10.6. The fourth-order valence-corrected chi connectivity index (χ4v) is 0.456. The van der Waals surface area contributed by atoms with Crippen molar-refractivity contribution in [1.82, 2.24) is 0 Å². The minimum atomic E-state index is -4.24. The topological polar surface area (TPSA) is 21.6 Å². The molecule has 2 nitrogen and oxygen atoms in total. The van der Waals surface area contributed by atoms with E-state index >= 15 is 0 Å². The first kappa shape index (κ1) is 10.3. The normalized spacial score (nSPS) is 13.4. The molecule has 66 valence electrons. The molecule has 0 radical (unpaired) electrons. The Hall–Kier alpha value is -0.740. The van der Waals surface area contributed by atoms with E-state index in [1.807, 2.05) is 0 Å². The van der Waals surface area contributed by atoms with Gasteiger partial charge >= 0.3 is 6.18 Å². The second-order valence-corrected chi connectivity index (χ2v) is 1.88. The first-order valence-corrected chi connectivity index (χ1v) is 3.16. The molecule has 0 amide bonds. The zero-order valence-corrected chi connectivity index (χ0v) is 6.40. The number of alkyl halides is 3. The molecule has 0 bridgehead atoms. The summed E-state index contributed by atoms with van der Waals surface area (Å²) in [5.74, 6) is 0.0739. The van der Waals surface area contributed by atoms with Gasteiger partial charge in [0.15, 0.2) is 5.90 Å². The number of nitrogens with zero attached hydrogens (tertiary/aromatic N) is 1. The van der Waals surface area contributed by atoms with E-state index in [0.29, 0.717) is 6.61 Å². The average Bonchev–Trinajstić information content (AvgIpc) is 1.83. The lowest BCUT2D eigenvalue weighted by Crippen LogP contribution is -2.14. The molecule has 0 aromatic rings. The Morgan fingerprint density at radius 2 is 2.00 bits per heavy atom. The average molecular weight is 169 g/mol. The fraction of sp³-hybridized carbons (Fsp3) is 0.833. The summed E-state index contributed by atoms with van der Waals surface area (Å²) in [5, 5.41) is 0. The van der Waals surface area contributed by atoms with Crippen molar-refractivity contribution in [2.24, 2.45) is 4.99 Å². The molecule has 0 aliphatic carbocycles. The minimum Gasteiger partial charge on any atom is -0.481 e. The van der Waals surface area contributed by atoms with E-state index in [4.69, 9.17) is 0 Å². The second kappa shape index (κ2) is 4.20. The SMILES string of the molecule is CCO/C(C)=N\CC(F)(F)F. The van der Waals surface area contributed by atoms with Gasteiger partial charge in [-0.05, 0) is 6.92 Å². The molecular formula is C6H10F3NO. The van der Waals surface area contributed by atoms with Crippen molar-refractivity contribution in [2.75, 3.05) is 13.2 Å². The van der Waals surface area contributed by atoms with Gasteiger partial charge in [-0.1, -0.05) is 0 Å². The molecule has 0 rings (SSSR count). The van der Waals surface area contributed by atoms with Crippen LogP contribution in [0.25, 0.3) is 0 Å². The fourth-order valence-electron chi connectivity index (χ4n) is 0.456. The molecule has 0 aromatic heterocycles. The van der Waals surface area contributed by atoms with Crippen LogP contribution in [0.2, 0.25) is 0 Å². The number of hydrogen-bond acceptors (Lipinski definition) is 2. The molecule has 5 heteroatoms. The Morgan fingerprint density at radius 1 is 1.45 bits per heavy atom. The molecule has 0 saturated heterocycles. The first-order valence-electron chi connectivity index (χ1n) is 3.16. The van der Waals surface area contributed by atoms with Crippen molar-refractivity contribution in [1.29, 1.82) is 0 Å². The molecule has 0 N–H and O–H groups in total. The van der Waals surface area contributed by atoms with Crippen LogP contribution in [0.4, 0.5) is 13.2 Å². The molecule has 0 saturated carbocycles. The van der Waals surface area contributed by atoms with Crippen LogP contribution in [0.5, 0.6) is 0 Å². The standard InChI is InChI=1S/C6H10F3NO/c1-3-11-5(2)10-4-6(7,8)9/h3-4H2,1-2H3/b10-5-. The van der Waals surface area contributed by atoms with Gasteiger partial charge in [0.25, 0.3) is 0 Å². The molecule has 0 atom stereocenters. The van der Waals surface area contributed by atoms with Crippen molar-refractivity contribution in [2.45, 2.75) is 20.0 Å². The van der Waals surface area contributed by atoms with Crippen molar-refractivity contribution in [3.8, 4) is 0 Å². The van der Waals surface area contributed by atoms with Crippen LogP contribution in [0.3, 0.4) is 0 Å². The monoisotopic (exact) mass is 169 g/mol. The summed E-state index contributed by atoms with van der Waals surface area (Å²) >= 11 is 0. The number of halogens is 3. The number of rotatable bonds is 2. The smallest absolute Gasteiger partial charge is 0.408 e. The maximum atomic E-state index is 11.5. The van der Waals surface area contributed by atoms with E-state index in [9.17, 15) is 13.2 Å². The summed E-state index contributed by atoms with van der Waals surface area (Å²) < 4.78 is 39.2. The van der Waals surface area contributed by atoms with Crippen molar-refractivity contribution >= 4 is 5.90 Å². The first-order chi connectivity index (χ1) is 4.95. The molecule has 0 heterocycles. The highest BCUT2D eigenvalue weighted by molar-refractivity contribution is 5.73. The van der Waals surface area contributed by atoms with Crippen LogP contribution in [-0.2, 0) is 4.74 Å². The number of hydrogen-bond donors (Lipinski definition) is 0. The molecule has 0 aromatic carbocycles. The quantitative estimate of drug-likeness (QED) is 0.457. The number of ether oxygens (including phenoxy) is 1. The van der Waals surface area contributed by atoms with Crippen LogP contribution in [0, 0.1) is 0 Å². The Balaban J connectivity index is 3.73. The third-order valence-electron chi connectivity index (χ3n) is 0.834. The summed E-state index contributed by atoms with van der Waals surface area (Å²) in [6.45, 7) is 2.26. The van der Waals surface area contributed by atoms with Gasteiger partial charge in [-0.25, -0.2) is 4.99 Å². The Morgan fingerprint density at radius 3 is 2.36 bits per heavy atom. The summed E-state index contributed by atoms with van der Waals surface area (Å²) in [6, 6.07) is 0. The molecular weight excluding hydrogens is 159 g/mol. The Bertz CT molecular complexity index is 141. The lowest BCUT2D eigenvalue weighted by molar-refractivity contribution is -0.118. The molecule has 0 unspecified atom stereocenters. The van der Waals surface area contributed by atoms with E-state index < -0.39 is 12.7 Å². The summed E-state index contributed by atoms with van der Waals surface area (Å²) in [7, 11) is 0. The molecule has 0 aliphatic rings. The largest absolute Gasteiger partial charge is 0.481 e. The van der Waals surface area contributed by atoms with Crippen molar-refractivity contribution < 1.29 is 17.9 Å². The third kappa shape index (κ3) is 7.15. The number of aliphatic imine (C=N–C) groups is 1. The highest BCUT2D eigenvalue weighted by Gasteiger charge is 2.26. The summed E-state index contributed by atoms with van der Waals surface area (Å²) in [4.78, 5) is 3.15. The zero-order chi connectivity index (χ0) is 8.91. The van der Waals surface area contributed by atoms with Crippen LogP contribution < -0.4 is 0 Å².